The first-order chi connectivity index (χ1) is 19.0. The van der Waals surface area contributed by atoms with E-state index in [1.165, 1.54) is 0 Å². The highest BCUT2D eigenvalue weighted by atomic mass is 32.1. The van der Waals surface area contributed by atoms with Crippen molar-refractivity contribution >= 4 is 34.5 Å². The Balaban J connectivity index is 1.32. The third kappa shape index (κ3) is 4.69. The highest BCUT2D eigenvalue weighted by Crippen LogP contribution is 2.39. The normalized spacial score (nSPS) is 12.1. The highest BCUT2D eigenvalue weighted by molar-refractivity contribution is 7.13. The van der Waals surface area contributed by atoms with Gasteiger partial charge in [0.1, 0.15) is 0 Å². The second-order valence-electron chi connectivity index (χ2n) is 9.39. The molecule has 39 heavy (non-hydrogen) atoms. The fourth-order valence-electron chi connectivity index (χ4n) is 4.79. The first-order valence-corrected chi connectivity index (χ1v) is 13.5. The second-order valence-corrected chi connectivity index (χ2v) is 10.3. The van der Waals surface area contributed by atoms with Gasteiger partial charge in [-0.1, -0.05) is 42.5 Å². The standard InChI is InChI=1S/C32H25N3O3S/c1-20-18-26(34-30(36)24-11-4-3-10-23(24)29-14-8-16-39-29)21(2)17-25(20)32(37)35-19-22-9-7-15-33-31(22)38-28-13-6-5-12-27(28)35/h3-18H,19H2,1-2H3,(H,34,36). The fourth-order valence-corrected chi connectivity index (χ4v) is 5.55. The average molecular weight is 532 g/mol. The molecule has 3 aromatic carbocycles. The molecule has 6 nitrogen and oxygen atoms in total. The summed E-state index contributed by atoms with van der Waals surface area (Å²) in [5.41, 5.74) is 5.79. The lowest BCUT2D eigenvalue weighted by molar-refractivity contribution is 0.0983. The maximum absolute atomic E-state index is 14.0. The average Bonchev–Trinajstić information content (AvgIpc) is 3.43. The van der Waals surface area contributed by atoms with Gasteiger partial charge in [0, 0.05) is 39.0 Å². The van der Waals surface area contributed by atoms with Crippen molar-refractivity contribution in [3.63, 3.8) is 0 Å². The Hall–Kier alpha value is -4.75. The van der Waals surface area contributed by atoms with Crippen LogP contribution in [0.2, 0.25) is 0 Å². The molecule has 1 aliphatic rings. The van der Waals surface area contributed by atoms with Crippen molar-refractivity contribution in [2.75, 3.05) is 10.2 Å². The molecule has 1 N–H and O–H groups in total. The molecule has 1 aliphatic heterocycles. The summed E-state index contributed by atoms with van der Waals surface area (Å²) in [5, 5.41) is 5.06. The van der Waals surface area contributed by atoms with Crippen molar-refractivity contribution < 1.29 is 14.3 Å². The summed E-state index contributed by atoms with van der Waals surface area (Å²) in [7, 11) is 0. The second kappa shape index (κ2) is 10.2. The molecule has 0 unspecified atom stereocenters. The number of amides is 2. The number of rotatable bonds is 4. The largest absolute Gasteiger partial charge is 0.436 e. The predicted molar refractivity (Wildman–Crippen MR) is 155 cm³/mol. The lowest BCUT2D eigenvalue weighted by Gasteiger charge is -2.23. The Morgan fingerprint density at radius 1 is 0.897 bits per heavy atom. The van der Waals surface area contributed by atoms with Gasteiger partial charge >= 0.3 is 0 Å². The van der Waals surface area contributed by atoms with Crippen molar-refractivity contribution in [2.45, 2.75) is 20.4 Å². The number of pyridine rings is 1. The van der Waals surface area contributed by atoms with Crippen LogP contribution in [0, 0.1) is 13.8 Å². The number of hydrogen-bond donors (Lipinski definition) is 1. The molecule has 2 aromatic heterocycles. The molecule has 0 radical (unpaired) electrons. The third-order valence-corrected chi connectivity index (χ3v) is 7.70. The molecule has 5 aromatic rings. The summed E-state index contributed by atoms with van der Waals surface area (Å²) in [5.74, 6) is 0.729. The Morgan fingerprint density at radius 2 is 1.72 bits per heavy atom. The monoisotopic (exact) mass is 531 g/mol. The van der Waals surface area contributed by atoms with E-state index in [0.717, 1.165) is 27.1 Å². The van der Waals surface area contributed by atoms with Crippen molar-refractivity contribution in [3.8, 4) is 22.1 Å². The maximum Gasteiger partial charge on any atom is 0.258 e. The van der Waals surface area contributed by atoms with Crippen LogP contribution in [0.5, 0.6) is 11.6 Å². The zero-order valence-corrected chi connectivity index (χ0v) is 22.3. The molecule has 0 saturated carbocycles. The summed E-state index contributed by atoms with van der Waals surface area (Å²) in [6, 6.07) is 26.5. The number of para-hydroxylation sites is 2. The molecule has 0 aliphatic carbocycles. The van der Waals surface area contributed by atoms with Crippen molar-refractivity contribution in [3.05, 3.63) is 124 Å². The SMILES string of the molecule is Cc1cc(C(=O)N2Cc3cccnc3Oc3ccccc32)c(C)cc1NC(=O)c1ccccc1-c1cccs1. The molecule has 192 valence electrons. The van der Waals surface area contributed by atoms with Crippen LogP contribution in [0.15, 0.2) is 96.5 Å². The molecule has 0 fully saturated rings. The lowest BCUT2D eigenvalue weighted by atomic mass is 10.0. The molecule has 2 amide bonds. The van der Waals surface area contributed by atoms with Crippen LogP contribution in [0.4, 0.5) is 11.4 Å². The molecular weight excluding hydrogens is 506 g/mol. The Labute approximate surface area is 230 Å². The van der Waals surface area contributed by atoms with E-state index in [2.05, 4.69) is 10.3 Å². The number of fused-ring (bicyclic) bond motifs is 2. The van der Waals surface area contributed by atoms with Gasteiger partial charge in [0.05, 0.1) is 12.2 Å². The number of anilines is 2. The molecule has 3 heterocycles. The molecule has 0 saturated heterocycles. The molecular formula is C32H25N3O3S. The number of ether oxygens (including phenoxy) is 1. The number of benzene rings is 3. The minimum Gasteiger partial charge on any atom is -0.436 e. The number of aryl methyl sites for hydroxylation is 2. The number of carbonyl (C=O) groups is 2. The smallest absolute Gasteiger partial charge is 0.258 e. The highest BCUT2D eigenvalue weighted by Gasteiger charge is 2.28. The van der Waals surface area contributed by atoms with E-state index in [-0.39, 0.29) is 11.8 Å². The molecule has 6 rings (SSSR count). The quantitative estimate of drug-likeness (QED) is 0.259. The van der Waals surface area contributed by atoms with Crippen LogP contribution in [-0.4, -0.2) is 16.8 Å². The molecule has 7 heteroatoms. The van der Waals surface area contributed by atoms with Crippen LogP contribution >= 0.6 is 11.3 Å². The first kappa shape index (κ1) is 24.6. The Kier molecular flexibility index (Phi) is 6.42. The topological polar surface area (TPSA) is 71.5 Å². The van der Waals surface area contributed by atoms with Crippen LogP contribution < -0.4 is 15.0 Å². The van der Waals surface area contributed by atoms with Gasteiger partial charge in [0.15, 0.2) is 5.75 Å². The van der Waals surface area contributed by atoms with Crippen molar-refractivity contribution in [2.24, 2.45) is 0 Å². The van der Waals surface area contributed by atoms with Gasteiger partial charge < -0.3 is 15.0 Å². The van der Waals surface area contributed by atoms with Gasteiger partial charge in [-0.15, -0.1) is 11.3 Å². The number of carbonyl (C=O) groups excluding carboxylic acids is 2. The number of nitrogens with zero attached hydrogens (tertiary/aromatic N) is 2. The summed E-state index contributed by atoms with van der Waals surface area (Å²) in [4.78, 5) is 34.5. The number of thiophene rings is 1. The van der Waals surface area contributed by atoms with E-state index in [0.29, 0.717) is 40.7 Å². The van der Waals surface area contributed by atoms with E-state index in [4.69, 9.17) is 4.74 Å². The van der Waals surface area contributed by atoms with Crippen LogP contribution in [-0.2, 0) is 6.54 Å². The van der Waals surface area contributed by atoms with Crippen molar-refractivity contribution in [1.82, 2.24) is 4.98 Å². The Morgan fingerprint density at radius 3 is 2.56 bits per heavy atom. The van der Waals surface area contributed by atoms with E-state index in [9.17, 15) is 9.59 Å². The van der Waals surface area contributed by atoms with Gasteiger partial charge in [-0.2, -0.15) is 0 Å². The zero-order chi connectivity index (χ0) is 26.9. The first-order valence-electron chi connectivity index (χ1n) is 12.6. The number of nitrogens with one attached hydrogen (secondary N) is 1. The summed E-state index contributed by atoms with van der Waals surface area (Å²) in [6.45, 7) is 4.11. The van der Waals surface area contributed by atoms with E-state index in [1.54, 1.807) is 22.4 Å². The Bertz CT molecular complexity index is 1710. The lowest BCUT2D eigenvalue weighted by Crippen LogP contribution is -2.30. The van der Waals surface area contributed by atoms with Gasteiger partial charge in [0.25, 0.3) is 11.8 Å². The zero-order valence-electron chi connectivity index (χ0n) is 21.5. The fraction of sp³-hybridized carbons (Fsp3) is 0.0938. The van der Waals surface area contributed by atoms with Crippen LogP contribution in [0.3, 0.4) is 0 Å². The number of aromatic nitrogens is 1. The van der Waals surface area contributed by atoms with Gasteiger partial charge in [0.2, 0.25) is 5.88 Å². The third-order valence-electron chi connectivity index (χ3n) is 6.79. The maximum atomic E-state index is 14.0. The van der Waals surface area contributed by atoms with Gasteiger partial charge in [-0.25, -0.2) is 4.98 Å². The van der Waals surface area contributed by atoms with E-state index >= 15 is 0 Å². The minimum atomic E-state index is -0.191. The number of hydrogen-bond acceptors (Lipinski definition) is 5. The predicted octanol–water partition coefficient (Wildman–Crippen LogP) is 7.63. The van der Waals surface area contributed by atoms with E-state index in [1.807, 2.05) is 104 Å². The minimum absolute atomic E-state index is 0.149. The van der Waals surface area contributed by atoms with Crippen LogP contribution in [0.25, 0.3) is 10.4 Å². The summed E-state index contributed by atoms with van der Waals surface area (Å²) < 4.78 is 6.06. The molecule has 0 bridgehead atoms. The summed E-state index contributed by atoms with van der Waals surface area (Å²) >= 11 is 1.60. The summed E-state index contributed by atoms with van der Waals surface area (Å²) in [6.07, 6.45) is 1.68. The van der Waals surface area contributed by atoms with Gasteiger partial charge in [-0.05, 0) is 72.8 Å². The van der Waals surface area contributed by atoms with Crippen molar-refractivity contribution in [1.29, 1.82) is 0 Å². The van der Waals surface area contributed by atoms with Gasteiger partial charge in [-0.3, -0.25) is 9.59 Å². The van der Waals surface area contributed by atoms with E-state index < -0.39 is 0 Å². The molecule has 0 atom stereocenters. The van der Waals surface area contributed by atoms with Crippen LogP contribution in [0.1, 0.15) is 37.4 Å². The molecule has 0 spiro atoms.